The summed E-state index contributed by atoms with van der Waals surface area (Å²) in [6.45, 7) is 4.03. The number of halogens is 1. The number of amides is 2. The van der Waals surface area contributed by atoms with Crippen LogP contribution in [0.15, 0.2) is 24.3 Å². The van der Waals surface area contributed by atoms with Crippen molar-refractivity contribution in [3.8, 4) is 0 Å². The van der Waals surface area contributed by atoms with Crippen LogP contribution >= 0.6 is 11.6 Å². The Morgan fingerprint density at radius 3 is 2.32 bits per heavy atom. The smallest absolute Gasteiger partial charge is 0.308 e. The Balaban J connectivity index is 1.44. The topological polar surface area (TPSA) is 70.2 Å². The molecule has 0 aromatic heterocycles. The molecule has 1 aromatic carbocycles. The number of likely N-dealkylation sites (tertiary alicyclic amines) is 1. The average molecular weight is 408 g/mol. The van der Waals surface area contributed by atoms with Crippen LogP contribution in [0.1, 0.15) is 23.2 Å². The van der Waals surface area contributed by atoms with E-state index in [1.165, 1.54) is 7.11 Å². The van der Waals surface area contributed by atoms with Crippen LogP contribution in [0, 0.1) is 5.92 Å². The number of ether oxygens (including phenoxy) is 1. The summed E-state index contributed by atoms with van der Waals surface area (Å²) in [5, 5.41) is 0.547. The largest absolute Gasteiger partial charge is 0.469 e. The number of piperidine rings is 1. The first-order valence-corrected chi connectivity index (χ1v) is 9.98. The molecule has 0 aliphatic carbocycles. The summed E-state index contributed by atoms with van der Waals surface area (Å²) in [6, 6.07) is 6.96. The predicted molar refractivity (Wildman–Crippen MR) is 105 cm³/mol. The van der Waals surface area contributed by atoms with Crippen LogP contribution in [0.5, 0.6) is 0 Å². The molecule has 28 heavy (non-hydrogen) atoms. The third-order valence-corrected chi connectivity index (χ3v) is 5.71. The summed E-state index contributed by atoms with van der Waals surface area (Å²) in [7, 11) is 1.40. The van der Waals surface area contributed by atoms with E-state index >= 15 is 0 Å². The third-order valence-electron chi connectivity index (χ3n) is 5.47. The van der Waals surface area contributed by atoms with Gasteiger partial charge in [-0.1, -0.05) is 17.7 Å². The Morgan fingerprint density at radius 2 is 1.71 bits per heavy atom. The second kappa shape index (κ2) is 9.39. The zero-order valence-electron chi connectivity index (χ0n) is 16.1. The fourth-order valence-corrected chi connectivity index (χ4v) is 3.93. The molecule has 0 saturated carbocycles. The first-order chi connectivity index (χ1) is 13.5. The molecule has 2 saturated heterocycles. The van der Waals surface area contributed by atoms with Crippen molar-refractivity contribution in [2.75, 3.05) is 52.9 Å². The fraction of sp³-hybridized carbons (Fsp3) is 0.550. The Hall–Kier alpha value is -2.12. The number of esters is 1. The van der Waals surface area contributed by atoms with Gasteiger partial charge in [0.25, 0.3) is 5.91 Å². The van der Waals surface area contributed by atoms with Crippen molar-refractivity contribution in [2.24, 2.45) is 5.92 Å². The number of hydrogen-bond donors (Lipinski definition) is 0. The second-order valence-corrected chi connectivity index (χ2v) is 7.69. The van der Waals surface area contributed by atoms with Gasteiger partial charge < -0.3 is 14.5 Å². The molecule has 8 heteroatoms. The van der Waals surface area contributed by atoms with Crippen LogP contribution in [0.25, 0.3) is 0 Å². The summed E-state index contributed by atoms with van der Waals surface area (Å²) >= 11 is 5.97. The van der Waals surface area contributed by atoms with Crippen molar-refractivity contribution in [3.63, 3.8) is 0 Å². The van der Waals surface area contributed by atoms with E-state index in [2.05, 4.69) is 4.90 Å². The van der Waals surface area contributed by atoms with E-state index in [9.17, 15) is 14.4 Å². The maximum atomic E-state index is 12.6. The Morgan fingerprint density at radius 1 is 1.04 bits per heavy atom. The first kappa shape index (κ1) is 20.6. The second-order valence-electron chi connectivity index (χ2n) is 7.26. The molecule has 7 nitrogen and oxygen atoms in total. The number of benzene rings is 1. The van der Waals surface area contributed by atoms with Crippen LogP contribution in [0.2, 0.25) is 5.02 Å². The minimum Gasteiger partial charge on any atom is -0.469 e. The number of carbonyl (C=O) groups is 3. The van der Waals surface area contributed by atoms with E-state index in [1.807, 2.05) is 4.90 Å². The predicted octanol–water partition coefficient (Wildman–Crippen LogP) is 1.51. The van der Waals surface area contributed by atoms with E-state index in [-0.39, 0.29) is 23.7 Å². The van der Waals surface area contributed by atoms with Crippen LogP contribution < -0.4 is 0 Å². The van der Waals surface area contributed by atoms with Crippen LogP contribution in [0.3, 0.4) is 0 Å². The molecule has 0 atom stereocenters. The standard InChI is InChI=1S/C20H26ClN3O4/c1-28-20(27)15-5-7-23(8-6-15)18(25)14-22-9-11-24(12-10-22)19(26)16-3-2-4-17(21)13-16/h2-4,13,15H,5-12,14H2,1H3. The Kier molecular flexibility index (Phi) is 6.91. The Labute approximate surface area is 170 Å². The van der Waals surface area contributed by atoms with Gasteiger partial charge in [-0.25, -0.2) is 0 Å². The number of piperazine rings is 1. The molecule has 0 unspecified atom stereocenters. The number of methoxy groups -OCH3 is 1. The lowest BCUT2D eigenvalue weighted by molar-refractivity contribution is -0.149. The minimum atomic E-state index is -0.187. The number of rotatable bonds is 4. The molecule has 0 N–H and O–H groups in total. The molecule has 152 valence electrons. The van der Waals surface area contributed by atoms with Gasteiger partial charge in [0.2, 0.25) is 5.91 Å². The molecule has 2 amide bonds. The first-order valence-electron chi connectivity index (χ1n) is 9.60. The molecule has 3 rings (SSSR count). The molecule has 0 spiro atoms. The van der Waals surface area contributed by atoms with Crippen molar-refractivity contribution in [3.05, 3.63) is 34.9 Å². The normalized spacial score (nSPS) is 18.8. The van der Waals surface area contributed by atoms with E-state index in [1.54, 1.807) is 29.2 Å². The summed E-state index contributed by atoms with van der Waals surface area (Å²) in [6.07, 6.45) is 1.31. The quantitative estimate of drug-likeness (QED) is 0.707. The van der Waals surface area contributed by atoms with Crippen molar-refractivity contribution in [2.45, 2.75) is 12.8 Å². The molecular formula is C20H26ClN3O4. The SMILES string of the molecule is COC(=O)C1CCN(C(=O)CN2CCN(C(=O)c3cccc(Cl)c3)CC2)CC1. The lowest BCUT2D eigenvalue weighted by atomic mass is 9.97. The highest BCUT2D eigenvalue weighted by Crippen LogP contribution is 2.19. The molecule has 2 heterocycles. The van der Waals surface area contributed by atoms with Gasteiger partial charge in [-0.3, -0.25) is 19.3 Å². The van der Waals surface area contributed by atoms with Gasteiger partial charge in [-0.2, -0.15) is 0 Å². The number of hydrogen-bond acceptors (Lipinski definition) is 5. The van der Waals surface area contributed by atoms with Crippen LogP contribution in [0.4, 0.5) is 0 Å². The van der Waals surface area contributed by atoms with Crippen molar-refractivity contribution in [1.29, 1.82) is 0 Å². The molecule has 2 fully saturated rings. The summed E-state index contributed by atoms with van der Waals surface area (Å²) < 4.78 is 4.78. The average Bonchev–Trinajstić information content (AvgIpc) is 2.73. The van der Waals surface area contributed by atoms with Gasteiger partial charge in [0, 0.05) is 49.9 Å². The summed E-state index contributed by atoms with van der Waals surface area (Å²) in [5.41, 5.74) is 0.588. The van der Waals surface area contributed by atoms with Gasteiger partial charge in [0.15, 0.2) is 0 Å². The summed E-state index contributed by atoms with van der Waals surface area (Å²) in [5.74, 6) is -0.237. The zero-order chi connectivity index (χ0) is 20.1. The van der Waals surface area contributed by atoms with Crippen molar-refractivity contribution < 1.29 is 19.1 Å². The van der Waals surface area contributed by atoms with Gasteiger partial charge in [0.1, 0.15) is 0 Å². The number of nitrogens with zero attached hydrogens (tertiary/aromatic N) is 3. The molecule has 2 aliphatic heterocycles. The van der Waals surface area contributed by atoms with E-state index in [4.69, 9.17) is 16.3 Å². The van der Waals surface area contributed by atoms with Crippen LogP contribution in [-0.2, 0) is 14.3 Å². The zero-order valence-corrected chi connectivity index (χ0v) is 16.9. The summed E-state index contributed by atoms with van der Waals surface area (Å²) in [4.78, 5) is 42.4. The molecule has 2 aliphatic rings. The third kappa shape index (κ3) is 5.02. The fourth-order valence-electron chi connectivity index (χ4n) is 3.74. The van der Waals surface area contributed by atoms with Gasteiger partial charge in [-0.15, -0.1) is 0 Å². The van der Waals surface area contributed by atoms with Gasteiger partial charge >= 0.3 is 5.97 Å². The number of carbonyl (C=O) groups excluding carboxylic acids is 3. The maximum Gasteiger partial charge on any atom is 0.308 e. The maximum absolute atomic E-state index is 12.6. The highest BCUT2D eigenvalue weighted by Gasteiger charge is 2.29. The Bertz CT molecular complexity index is 726. The van der Waals surface area contributed by atoms with Crippen molar-refractivity contribution >= 4 is 29.4 Å². The van der Waals surface area contributed by atoms with Crippen molar-refractivity contribution in [1.82, 2.24) is 14.7 Å². The lowest BCUT2D eigenvalue weighted by Crippen LogP contribution is -2.52. The van der Waals surface area contributed by atoms with E-state index < -0.39 is 0 Å². The minimum absolute atomic E-state index is 0.0293. The van der Waals surface area contributed by atoms with Gasteiger partial charge in [0.05, 0.1) is 19.6 Å². The van der Waals surface area contributed by atoms with E-state index in [0.717, 1.165) is 0 Å². The monoisotopic (exact) mass is 407 g/mol. The molecular weight excluding hydrogens is 382 g/mol. The molecule has 0 radical (unpaired) electrons. The molecule has 0 bridgehead atoms. The lowest BCUT2D eigenvalue weighted by Gasteiger charge is -2.36. The highest BCUT2D eigenvalue weighted by atomic mass is 35.5. The van der Waals surface area contributed by atoms with Crippen LogP contribution in [-0.4, -0.2) is 85.4 Å². The van der Waals surface area contributed by atoms with E-state index in [0.29, 0.717) is 69.2 Å². The molecule has 1 aromatic rings. The van der Waals surface area contributed by atoms with Gasteiger partial charge in [-0.05, 0) is 31.0 Å². The highest BCUT2D eigenvalue weighted by molar-refractivity contribution is 6.30.